The number of methoxy groups -OCH3 is 1. The molecule has 0 fully saturated rings. The molecule has 0 saturated carbocycles. The van der Waals surface area contributed by atoms with E-state index in [0.29, 0.717) is 5.56 Å². The zero-order valence-electron chi connectivity index (χ0n) is 14.6. The van der Waals surface area contributed by atoms with Gasteiger partial charge in [-0.1, -0.05) is 18.2 Å². The Hall–Kier alpha value is -3.75. The molecular weight excluding hydrogens is 356 g/mol. The summed E-state index contributed by atoms with van der Waals surface area (Å²) < 4.78 is 9.50. The molecule has 27 heavy (non-hydrogen) atoms. The zero-order valence-corrected chi connectivity index (χ0v) is 14.6. The number of benzene rings is 2. The van der Waals surface area contributed by atoms with Crippen LogP contribution in [0.2, 0.25) is 0 Å². The van der Waals surface area contributed by atoms with Crippen molar-refractivity contribution in [2.45, 2.75) is 6.92 Å². The highest BCUT2D eigenvalue weighted by Gasteiger charge is 2.19. The lowest BCUT2D eigenvalue weighted by Gasteiger charge is -2.09. The van der Waals surface area contributed by atoms with E-state index in [1.165, 1.54) is 43.5 Å². The van der Waals surface area contributed by atoms with Gasteiger partial charge in [0.15, 0.2) is 6.61 Å². The first-order chi connectivity index (χ1) is 12.8. The minimum Gasteiger partial charge on any atom is -0.465 e. The van der Waals surface area contributed by atoms with E-state index in [-0.39, 0.29) is 22.5 Å². The summed E-state index contributed by atoms with van der Waals surface area (Å²) in [6, 6.07) is 10.1. The summed E-state index contributed by atoms with van der Waals surface area (Å²) in [7, 11) is 1.18. The van der Waals surface area contributed by atoms with Gasteiger partial charge in [-0.15, -0.1) is 0 Å². The van der Waals surface area contributed by atoms with Crippen LogP contribution in [-0.2, 0) is 14.3 Å². The number of amides is 1. The van der Waals surface area contributed by atoms with Crippen LogP contribution in [0.5, 0.6) is 0 Å². The van der Waals surface area contributed by atoms with Crippen molar-refractivity contribution in [3.63, 3.8) is 0 Å². The number of hydrogen-bond acceptors (Lipinski definition) is 7. The van der Waals surface area contributed by atoms with E-state index < -0.39 is 29.4 Å². The molecule has 9 nitrogen and oxygen atoms in total. The number of rotatable bonds is 6. The van der Waals surface area contributed by atoms with Gasteiger partial charge < -0.3 is 14.8 Å². The predicted octanol–water partition coefficient (Wildman–Crippen LogP) is 2.49. The lowest BCUT2D eigenvalue weighted by atomic mass is 10.1. The maximum absolute atomic E-state index is 12.1. The van der Waals surface area contributed by atoms with Gasteiger partial charge >= 0.3 is 11.9 Å². The summed E-state index contributed by atoms with van der Waals surface area (Å²) in [5.41, 5.74) is 0.478. The molecule has 1 N–H and O–H groups in total. The van der Waals surface area contributed by atoms with Gasteiger partial charge in [-0.05, 0) is 25.1 Å². The highest BCUT2D eigenvalue weighted by atomic mass is 16.6. The van der Waals surface area contributed by atoms with Gasteiger partial charge in [0, 0.05) is 17.3 Å². The minimum absolute atomic E-state index is 0.0135. The molecule has 0 unspecified atom stereocenters. The molecule has 0 bridgehead atoms. The monoisotopic (exact) mass is 372 g/mol. The summed E-state index contributed by atoms with van der Waals surface area (Å²) in [6.07, 6.45) is 0. The van der Waals surface area contributed by atoms with Crippen LogP contribution >= 0.6 is 0 Å². The van der Waals surface area contributed by atoms with Gasteiger partial charge in [0.2, 0.25) is 0 Å². The van der Waals surface area contributed by atoms with E-state index in [9.17, 15) is 24.5 Å². The number of esters is 2. The van der Waals surface area contributed by atoms with E-state index in [1.807, 2.05) is 0 Å². The molecule has 2 aromatic carbocycles. The number of nitro groups is 1. The SMILES string of the molecule is COC(=O)c1ccccc1C(=O)OCC(=O)Nc1ccc(C)c([N+](=O)[O-])c1. The largest absolute Gasteiger partial charge is 0.465 e. The zero-order chi connectivity index (χ0) is 20.0. The number of nitrogens with zero attached hydrogens (tertiary/aromatic N) is 1. The molecule has 0 aliphatic carbocycles. The third-order valence-electron chi connectivity index (χ3n) is 3.58. The summed E-state index contributed by atoms with van der Waals surface area (Å²) in [5, 5.41) is 13.3. The molecule has 0 saturated heterocycles. The Morgan fingerprint density at radius 2 is 1.70 bits per heavy atom. The fraction of sp³-hybridized carbons (Fsp3) is 0.167. The van der Waals surface area contributed by atoms with Gasteiger partial charge in [-0.2, -0.15) is 0 Å². The lowest BCUT2D eigenvalue weighted by molar-refractivity contribution is -0.385. The van der Waals surface area contributed by atoms with E-state index in [1.54, 1.807) is 13.0 Å². The fourth-order valence-corrected chi connectivity index (χ4v) is 2.24. The van der Waals surface area contributed by atoms with Crippen LogP contribution in [0.3, 0.4) is 0 Å². The molecule has 0 spiro atoms. The first kappa shape index (κ1) is 19.6. The van der Waals surface area contributed by atoms with Crippen molar-refractivity contribution >= 4 is 29.2 Å². The molecule has 0 heterocycles. The number of nitrogens with one attached hydrogen (secondary N) is 1. The highest BCUT2D eigenvalue weighted by Crippen LogP contribution is 2.22. The van der Waals surface area contributed by atoms with E-state index in [2.05, 4.69) is 10.1 Å². The van der Waals surface area contributed by atoms with Crippen LogP contribution < -0.4 is 5.32 Å². The van der Waals surface area contributed by atoms with Gasteiger partial charge in [0.1, 0.15) is 0 Å². The van der Waals surface area contributed by atoms with Crippen LogP contribution in [0.15, 0.2) is 42.5 Å². The van der Waals surface area contributed by atoms with Crippen molar-refractivity contribution in [3.8, 4) is 0 Å². The van der Waals surface area contributed by atoms with Crippen LogP contribution in [0.25, 0.3) is 0 Å². The fourth-order valence-electron chi connectivity index (χ4n) is 2.24. The van der Waals surface area contributed by atoms with Crippen LogP contribution in [-0.4, -0.2) is 36.5 Å². The third kappa shape index (κ3) is 4.88. The highest BCUT2D eigenvalue weighted by molar-refractivity contribution is 6.04. The molecule has 1 amide bonds. The maximum Gasteiger partial charge on any atom is 0.339 e. The standard InChI is InChI=1S/C18H16N2O7/c1-11-7-8-12(9-15(11)20(24)25)19-16(21)10-27-18(23)14-6-4-3-5-13(14)17(22)26-2/h3-9H,10H2,1-2H3,(H,19,21). The number of aryl methyl sites for hydroxylation is 1. The maximum atomic E-state index is 12.1. The summed E-state index contributed by atoms with van der Waals surface area (Å²) >= 11 is 0. The second kappa shape index (κ2) is 8.56. The Labute approximate surface area is 154 Å². The quantitative estimate of drug-likeness (QED) is 0.469. The molecule has 0 aliphatic heterocycles. The smallest absolute Gasteiger partial charge is 0.339 e. The van der Waals surface area contributed by atoms with Crippen molar-refractivity contribution in [2.75, 3.05) is 19.0 Å². The van der Waals surface area contributed by atoms with Gasteiger partial charge in [-0.3, -0.25) is 14.9 Å². The molecule has 0 aromatic heterocycles. The normalized spacial score (nSPS) is 10.0. The first-order valence-electron chi connectivity index (χ1n) is 7.73. The molecule has 9 heteroatoms. The Bertz CT molecular complexity index is 908. The Morgan fingerprint density at radius 3 is 2.30 bits per heavy atom. The third-order valence-corrected chi connectivity index (χ3v) is 3.58. The van der Waals surface area contributed by atoms with Gasteiger partial charge in [0.25, 0.3) is 11.6 Å². The van der Waals surface area contributed by atoms with Gasteiger partial charge in [0.05, 0.1) is 23.2 Å². The number of ether oxygens (including phenoxy) is 2. The molecule has 2 aromatic rings. The van der Waals surface area contributed by atoms with Crippen LogP contribution in [0, 0.1) is 17.0 Å². The molecule has 0 atom stereocenters. The average Bonchev–Trinajstić information content (AvgIpc) is 2.66. The van der Waals surface area contributed by atoms with Crippen LogP contribution in [0.1, 0.15) is 26.3 Å². The lowest BCUT2D eigenvalue weighted by Crippen LogP contribution is -2.22. The van der Waals surface area contributed by atoms with Crippen molar-refractivity contribution in [3.05, 3.63) is 69.3 Å². The number of anilines is 1. The summed E-state index contributed by atoms with van der Waals surface area (Å²) in [5.74, 6) is -2.27. The first-order valence-corrected chi connectivity index (χ1v) is 7.73. The number of hydrogen-bond donors (Lipinski definition) is 1. The minimum atomic E-state index is -0.874. The second-order valence-electron chi connectivity index (χ2n) is 5.42. The average molecular weight is 372 g/mol. The number of nitro benzene ring substituents is 1. The number of carbonyl (C=O) groups excluding carboxylic acids is 3. The van der Waals surface area contributed by atoms with E-state index in [0.717, 1.165) is 0 Å². The molecule has 140 valence electrons. The van der Waals surface area contributed by atoms with E-state index >= 15 is 0 Å². The Balaban J connectivity index is 2.02. The Kier molecular flexibility index (Phi) is 6.21. The molecule has 0 aliphatic rings. The molecule has 2 rings (SSSR count). The topological polar surface area (TPSA) is 125 Å². The van der Waals surface area contributed by atoms with Crippen molar-refractivity contribution < 1.29 is 28.8 Å². The summed E-state index contributed by atoms with van der Waals surface area (Å²) in [6.45, 7) is 0.945. The number of carbonyl (C=O) groups is 3. The Morgan fingerprint density at radius 1 is 1.07 bits per heavy atom. The van der Waals surface area contributed by atoms with Gasteiger partial charge in [-0.25, -0.2) is 9.59 Å². The molecular formula is C18H16N2O7. The molecule has 0 radical (unpaired) electrons. The second-order valence-corrected chi connectivity index (χ2v) is 5.42. The van der Waals surface area contributed by atoms with Crippen LogP contribution in [0.4, 0.5) is 11.4 Å². The van der Waals surface area contributed by atoms with Crippen molar-refractivity contribution in [1.29, 1.82) is 0 Å². The summed E-state index contributed by atoms with van der Waals surface area (Å²) in [4.78, 5) is 46.1. The van der Waals surface area contributed by atoms with Crippen molar-refractivity contribution in [2.24, 2.45) is 0 Å². The predicted molar refractivity (Wildman–Crippen MR) is 94.5 cm³/mol. The van der Waals surface area contributed by atoms with E-state index in [4.69, 9.17) is 4.74 Å². The van der Waals surface area contributed by atoms with Crippen molar-refractivity contribution in [1.82, 2.24) is 0 Å².